The van der Waals surface area contributed by atoms with Gasteiger partial charge in [0.15, 0.2) is 4.77 Å². The largest absolute Gasteiger partial charge is 0.694 e. The molecule has 9 rings (SSSR count). The summed E-state index contributed by atoms with van der Waals surface area (Å²) in [6, 6.07) is 57.0. The molecule has 79 heavy (non-hydrogen) atoms. The third kappa shape index (κ3) is 20.8. The van der Waals surface area contributed by atoms with Gasteiger partial charge in [0.2, 0.25) is 11.6 Å². The molecule has 0 spiro atoms. The number of hydrogen-bond donors (Lipinski definition) is 0. The second-order valence-corrected chi connectivity index (χ2v) is 20.2. The predicted molar refractivity (Wildman–Crippen MR) is 320 cm³/mol. The Labute approximate surface area is 514 Å². The van der Waals surface area contributed by atoms with Gasteiger partial charge in [-0.05, 0) is 113 Å². The fraction of sp³-hybridized carbons (Fsp3) is 0.208. The number of rotatable bonds is 18. The molecule has 6 aromatic carbocycles. The van der Waals surface area contributed by atoms with E-state index in [2.05, 4.69) is 15.3 Å². The zero-order chi connectivity index (χ0) is 56.2. The summed E-state index contributed by atoms with van der Waals surface area (Å²) >= 11 is 36.2. The Kier molecular flexibility index (Phi) is 30.5. The van der Waals surface area contributed by atoms with Crippen molar-refractivity contribution in [2.24, 2.45) is 0 Å². The van der Waals surface area contributed by atoms with Gasteiger partial charge in [0, 0.05) is 39.9 Å². The van der Waals surface area contributed by atoms with E-state index < -0.39 is 24.3 Å². The average molecular weight is 1330 g/mol. The van der Waals surface area contributed by atoms with Crippen molar-refractivity contribution in [2.75, 3.05) is 10.7 Å². The molecule has 0 atom stereocenters. The molecule has 420 valence electrons. The van der Waals surface area contributed by atoms with E-state index in [-0.39, 0.29) is 30.2 Å². The van der Waals surface area contributed by atoms with Crippen LogP contribution in [0.3, 0.4) is 0 Å². The molecule has 3 aromatic heterocycles. The molecule has 0 bridgehead atoms. The van der Waals surface area contributed by atoms with Gasteiger partial charge >= 0.3 is 24.3 Å². The van der Waals surface area contributed by atoms with Crippen molar-refractivity contribution >= 4 is 108 Å². The third-order valence-corrected chi connectivity index (χ3v) is 13.7. The van der Waals surface area contributed by atoms with E-state index in [1.54, 1.807) is 13.8 Å². The minimum absolute atomic E-state index is 0. The fourth-order valence-electron chi connectivity index (χ4n) is 6.91. The summed E-state index contributed by atoms with van der Waals surface area (Å²) in [5.41, 5.74) is 0. The number of aromatic nitrogens is 9. The van der Waals surface area contributed by atoms with Gasteiger partial charge in [-0.15, -0.1) is 46.4 Å². The number of alkyl halides is 4. The van der Waals surface area contributed by atoms with Gasteiger partial charge in [-0.3, -0.25) is 0 Å². The second-order valence-electron chi connectivity index (χ2n) is 15.5. The summed E-state index contributed by atoms with van der Waals surface area (Å²) in [6.45, 7) is 14.1. The third-order valence-electron chi connectivity index (χ3n) is 10.4. The van der Waals surface area contributed by atoms with Crippen LogP contribution in [-0.2, 0) is 64.4 Å². The van der Waals surface area contributed by atoms with E-state index >= 15 is 0 Å². The quantitative estimate of drug-likeness (QED) is 0.0267. The first kappa shape index (κ1) is 66.4. The molecule has 0 saturated heterocycles. The second kappa shape index (κ2) is 36.3. The standard InChI is InChI=1S/2C18H15O3P.C15H24BN9S3.2CH2Cl2.Rh/c2*1-4-10-16(11-5-1)19-22(20-17-12-6-2-7-13-17)21-18-14-8-3-9-15-18;1-7-20-10(4)17-23(13(20)26)16(24-14(27)21(8-2)11(5)18-24)25-15(28)22(9-3)12(6)19-25;2*2-1-3;/h2*1-15H;7-9H2,1-6H3;2*1H2;/q;;-1;;;. The summed E-state index contributed by atoms with van der Waals surface area (Å²) in [6.07, 6.45) is 0. The summed E-state index contributed by atoms with van der Waals surface area (Å²) in [7, 11) is -3.79. The molecule has 0 aliphatic rings. The van der Waals surface area contributed by atoms with Crippen LogP contribution >= 0.6 is 75.8 Å². The molecule has 0 unspecified atom stereocenters. The summed E-state index contributed by atoms with van der Waals surface area (Å²) in [4.78, 5) is 0. The topological polar surface area (TPSA) is 122 Å². The smallest absolute Gasteiger partial charge is 0.530 e. The number of benzene rings is 6. The van der Waals surface area contributed by atoms with Crippen LogP contribution in [0.25, 0.3) is 0 Å². The van der Waals surface area contributed by atoms with E-state index in [0.29, 0.717) is 49.6 Å². The molecule has 0 N–H and O–H groups in total. The van der Waals surface area contributed by atoms with Crippen LogP contribution in [0.15, 0.2) is 192 Å². The van der Waals surface area contributed by atoms with Crippen molar-refractivity contribution in [3.05, 3.63) is 204 Å². The molecule has 0 saturated carbocycles. The molecule has 3 heterocycles. The van der Waals surface area contributed by atoms with Gasteiger partial charge in [-0.25, -0.2) is 9.13 Å². The van der Waals surface area contributed by atoms with Crippen LogP contribution in [0.2, 0.25) is 0 Å². The summed E-state index contributed by atoms with van der Waals surface area (Å²) < 4.78 is 46.7. The molecule has 2 radical (unpaired) electrons. The zero-order valence-corrected chi connectivity index (χ0v) is 52.8. The first-order valence-electron chi connectivity index (χ1n) is 24.1. The van der Waals surface area contributed by atoms with Crippen LogP contribution in [-0.4, -0.2) is 51.4 Å². The monoisotopic (exact) mass is 1330 g/mol. The van der Waals surface area contributed by atoms with Gasteiger partial charge < -0.3 is 70.7 Å². The normalized spacial score (nSPS) is 10.3. The Morgan fingerprint density at radius 1 is 0.443 bits per heavy atom. The van der Waals surface area contributed by atoms with E-state index in [4.69, 9.17) is 111 Å². The molecule has 0 amide bonds. The van der Waals surface area contributed by atoms with Crippen LogP contribution in [0.5, 0.6) is 34.5 Å². The number of aryl methyl sites for hydroxylation is 3. The van der Waals surface area contributed by atoms with Crippen molar-refractivity contribution in [1.29, 1.82) is 0 Å². The maximum absolute atomic E-state index is 5.84. The van der Waals surface area contributed by atoms with Crippen molar-refractivity contribution in [2.45, 2.75) is 71.5 Å². The first-order chi connectivity index (χ1) is 37.9. The fourth-order valence-corrected chi connectivity index (χ4v) is 10.1. The molecule has 26 heteroatoms. The van der Waals surface area contributed by atoms with Gasteiger partial charge in [0.25, 0.3) is 0 Å². The maximum Gasteiger partial charge on any atom is 0.530 e. The van der Waals surface area contributed by atoms with E-state index in [1.807, 2.05) is 237 Å². The summed E-state index contributed by atoms with van der Waals surface area (Å²) in [5, 5.41) is 15.6. The molecule has 9 aromatic rings. The Morgan fingerprint density at radius 2 is 0.671 bits per heavy atom. The van der Waals surface area contributed by atoms with Crippen molar-refractivity contribution in [3.63, 3.8) is 0 Å². The first-order valence-corrected chi connectivity index (χ1v) is 29.6. The molecule has 15 nitrogen and oxygen atoms in total. The van der Waals surface area contributed by atoms with Gasteiger partial charge in [0.1, 0.15) is 50.6 Å². The Hall–Kier alpha value is -5.09. The van der Waals surface area contributed by atoms with Gasteiger partial charge in [0.05, 0.1) is 23.8 Å². The van der Waals surface area contributed by atoms with Gasteiger partial charge in [-0.2, -0.15) is 5.10 Å². The number of hydrogen-bond acceptors (Lipinski definition) is 12. The summed E-state index contributed by atoms with van der Waals surface area (Å²) in [5.74, 6) is 6.69. The molecular formula is C53H58BCl4N9O6P2RhS3-. The van der Waals surface area contributed by atoms with E-state index in [9.17, 15) is 0 Å². The molecular weight excluding hydrogens is 1270 g/mol. The van der Waals surface area contributed by atoms with Crippen LogP contribution in [0.1, 0.15) is 38.2 Å². The molecule has 0 fully saturated rings. The van der Waals surface area contributed by atoms with Crippen LogP contribution < -0.4 is 36.3 Å². The minimum atomic E-state index is -1.59. The number of nitrogens with zero attached hydrogens (tertiary/aromatic N) is 9. The van der Waals surface area contributed by atoms with Gasteiger partial charge in [-0.1, -0.05) is 119 Å². The number of halogens is 4. The Bertz CT molecular complexity index is 2800. The minimum Gasteiger partial charge on any atom is -0.694 e. The SMILES string of the molecule is CCn1c(C)n[n+]([B-](n2nc(C)n(CC)c2=S)[n+]2nc(C)n(CC)c2[S-])c1[S-].ClCCl.ClCCl.[Rh].c1ccc(OP(Oc2ccccc2)Oc2ccccc2)cc1.c1ccc(OP(Oc2ccccc2)Oc2ccccc2)cc1. The maximum atomic E-state index is 5.84. The van der Waals surface area contributed by atoms with E-state index in [1.165, 1.54) is 0 Å². The van der Waals surface area contributed by atoms with Crippen LogP contribution in [0.4, 0.5) is 0 Å². The van der Waals surface area contributed by atoms with E-state index in [0.717, 1.165) is 37.1 Å². The predicted octanol–water partition coefficient (Wildman–Crippen LogP) is 13.8. The average Bonchev–Trinajstić information content (AvgIpc) is 4.12. The molecule has 0 aliphatic carbocycles. The number of para-hydroxylation sites is 6. The molecule has 0 aliphatic heterocycles. The zero-order valence-electron chi connectivity index (χ0n) is 43.9. The van der Waals surface area contributed by atoms with Crippen molar-refractivity contribution in [3.8, 4) is 34.5 Å². The van der Waals surface area contributed by atoms with Crippen molar-refractivity contribution < 1.29 is 55.8 Å². The Morgan fingerprint density at radius 3 is 0.861 bits per heavy atom. The van der Waals surface area contributed by atoms with Crippen LogP contribution in [0, 0.1) is 25.5 Å². The van der Waals surface area contributed by atoms with Crippen molar-refractivity contribution in [1.82, 2.24) is 33.6 Å². The Balaban J connectivity index is 0.000000243.